The van der Waals surface area contributed by atoms with E-state index in [1.807, 2.05) is 18.2 Å². The molecule has 22 heavy (non-hydrogen) atoms. The lowest BCUT2D eigenvalue weighted by atomic mass is 9.78. The standard InChI is InChI=1S/C18H25NO3/c1-2-13(14-8-4-3-5-9-14)12-19-17(20)15-10-6-7-11-16(15)18(21)22/h3-5,8-9,13,15-16H,2,6-7,10-12H2,1H3,(H,19,20)(H,21,22)/t13-,15+,16-/m1/s1. The van der Waals surface area contributed by atoms with Crippen LogP contribution in [0.15, 0.2) is 30.3 Å². The third kappa shape index (κ3) is 4.09. The Morgan fingerprint density at radius 2 is 1.82 bits per heavy atom. The molecule has 1 aromatic rings. The number of carboxylic acid groups (broad SMARTS) is 1. The highest BCUT2D eigenvalue weighted by Crippen LogP contribution is 2.30. The van der Waals surface area contributed by atoms with Gasteiger partial charge in [-0.2, -0.15) is 0 Å². The topological polar surface area (TPSA) is 66.4 Å². The maximum Gasteiger partial charge on any atom is 0.307 e. The van der Waals surface area contributed by atoms with Gasteiger partial charge in [-0.1, -0.05) is 50.1 Å². The van der Waals surface area contributed by atoms with E-state index < -0.39 is 11.9 Å². The second-order valence-electron chi connectivity index (χ2n) is 6.10. The number of hydrogen-bond donors (Lipinski definition) is 2. The molecule has 0 radical (unpaired) electrons. The van der Waals surface area contributed by atoms with Crippen molar-refractivity contribution >= 4 is 11.9 Å². The fourth-order valence-corrected chi connectivity index (χ4v) is 3.32. The van der Waals surface area contributed by atoms with E-state index >= 15 is 0 Å². The summed E-state index contributed by atoms with van der Waals surface area (Å²) >= 11 is 0. The minimum absolute atomic E-state index is 0.0959. The van der Waals surface area contributed by atoms with E-state index in [0.717, 1.165) is 19.3 Å². The Morgan fingerprint density at radius 3 is 2.41 bits per heavy atom. The highest BCUT2D eigenvalue weighted by molar-refractivity contribution is 5.84. The zero-order valence-corrected chi connectivity index (χ0v) is 13.1. The van der Waals surface area contributed by atoms with Crippen LogP contribution in [0.4, 0.5) is 0 Å². The average molecular weight is 303 g/mol. The molecule has 0 spiro atoms. The Balaban J connectivity index is 1.94. The van der Waals surface area contributed by atoms with E-state index in [1.165, 1.54) is 5.56 Å². The number of hydrogen-bond acceptors (Lipinski definition) is 2. The van der Waals surface area contributed by atoms with Crippen LogP contribution in [0.1, 0.15) is 50.5 Å². The van der Waals surface area contributed by atoms with Crippen molar-refractivity contribution in [2.75, 3.05) is 6.54 Å². The molecular weight excluding hydrogens is 278 g/mol. The Hall–Kier alpha value is -1.84. The van der Waals surface area contributed by atoms with Crippen LogP contribution in [0.3, 0.4) is 0 Å². The first-order chi connectivity index (χ1) is 10.6. The predicted octanol–water partition coefficient (Wildman–Crippen LogP) is 3.19. The molecule has 1 aliphatic carbocycles. The molecule has 4 heteroatoms. The molecule has 2 N–H and O–H groups in total. The molecule has 120 valence electrons. The molecule has 2 rings (SSSR count). The SMILES string of the molecule is CC[C@H](CNC(=O)[C@H]1CCCC[C@H]1C(=O)O)c1ccccc1. The normalized spacial score (nSPS) is 22.8. The van der Waals surface area contributed by atoms with Crippen molar-refractivity contribution in [3.8, 4) is 0 Å². The van der Waals surface area contributed by atoms with Crippen LogP contribution >= 0.6 is 0 Å². The molecule has 0 bridgehead atoms. The van der Waals surface area contributed by atoms with Crippen molar-refractivity contribution in [2.45, 2.75) is 44.9 Å². The molecular formula is C18H25NO3. The van der Waals surface area contributed by atoms with Crippen molar-refractivity contribution < 1.29 is 14.7 Å². The molecule has 1 amide bonds. The van der Waals surface area contributed by atoms with Crippen molar-refractivity contribution in [3.05, 3.63) is 35.9 Å². The van der Waals surface area contributed by atoms with Crippen LogP contribution in [0, 0.1) is 11.8 Å². The molecule has 0 aliphatic heterocycles. The van der Waals surface area contributed by atoms with Gasteiger partial charge >= 0.3 is 5.97 Å². The van der Waals surface area contributed by atoms with Crippen molar-refractivity contribution in [3.63, 3.8) is 0 Å². The van der Waals surface area contributed by atoms with Crippen LogP contribution in [-0.4, -0.2) is 23.5 Å². The summed E-state index contributed by atoms with van der Waals surface area (Å²) in [7, 11) is 0. The molecule has 1 aromatic carbocycles. The van der Waals surface area contributed by atoms with Crippen LogP contribution in [0.5, 0.6) is 0 Å². The maximum absolute atomic E-state index is 12.4. The first kappa shape index (κ1) is 16.5. The highest BCUT2D eigenvalue weighted by atomic mass is 16.4. The molecule has 0 unspecified atom stereocenters. The summed E-state index contributed by atoms with van der Waals surface area (Å²) in [5.74, 6) is -1.56. The summed E-state index contributed by atoms with van der Waals surface area (Å²) in [6.45, 7) is 2.67. The summed E-state index contributed by atoms with van der Waals surface area (Å²) in [6.07, 6.45) is 4.09. The molecule has 1 aliphatic rings. The molecule has 0 aromatic heterocycles. The fourth-order valence-electron chi connectivity index (χ4n) is 3.32. The third-order valence-corrected chi connectivity index (χ3v) is 4.71. The van der Waals surface area contributed by atoms with E-state index in [9.17, 15) is 14.7 Å². The van der Waals surface area contributed by atoms with Gasteiger partial charge in [0.2, 0.25) is 5.91 Å². The van der Waals surface area contributed by atoms with Crippen LogP contribution in [0.25, 0.3) is 0 Å². The van der Waals surface area contributed by atoms with Crippen LogP contribution in [0.2, 0.25) is 0 Å². The van der Waals surface area contributed by atoms with Gasteiger partial charge in [0.15, 0.2) is 0 Å². The lowest BCUT2D eigenvalue weighted by molar-refractivity contribution is -0.148. The highest BCUT2D eigenvalue weighted by Gasteiger charge is 2.35. The molecule has 4 nitrogen and oxygen atoms in total. The molecule has 1 fully saturated rings. The first-order valence-corrected chi connectivity index (χ1v) is 8.19. The zero-order valence-electron chi connectivity index (χ0n) is 13.1. The minimum Gasteiger partial charge on any atom is -0.481 e. The number of rotatable bonds is 6. The van der Waals surface area contributed by atoms with Gasteiger partial charge in [-0.3, -0.25) is 9.59 Å². The first-order valence-electron chi connectivity index (χ1n) is 8.19. The van der Waals surface area contributed by atoms with E-state index in [0.29, 0.717) is 19.4 Å². The summed E-state index contributed by atoms with van der Waals surface area (Å²) in [6, 6.07) is 10.1. The minimum atomic E-state index is -0.838. The van der Waals surface area contributed by atoms with E-state index in [-0.39, 0.29) is 17.7 Å². The Morgan fingerprint density at radius 1 is 1.18 bits per heavy atom. The van der Waals surface area contributed by atoms with E-state index in [4.69, 9.17) is 0 Å². The third-order valence-electron chi connectivity index (χ3n) is 4.71. The number of aliphatic carboxylic acids is 1. The summed E-state index contributed by atoms with van der Waals surface area (Å²) in [5, 5.41) is 12.3. The predicted molar refractivity (Wildman–Crippen MR) is 85.6 cm³/mol. The van der Waals surface area contributed by atoms with Gasteiger partial charge in [0.1, 0.15) is 0 Å². The van der Waals surface area contributed by atoms with Crippen molar-refractivity contribution in [1.82, 2.24) is 5.32 Å². The monoisotopic (exact) mass is 303 g/mol. The quantitative estimate of drug-likeness (QED) is 0.848. The number of benzene rings is 1. The van der Waals surface area contributed by atoms with Gasteiger partial charge in [-0.15, -0.1) is 0 Å². The number of carbonyl (C=O) groups is 2. The van der Waals surface area contributed by atoms with E-state index in [1.54, 1.807) is 0 Å². The number of amides is 1. The Labute approximate surface area is 131 Å². The smallest absolute Gasteiger partial charge is 0.307 e. The Kier molecular flexibility index (Phi) is 5.99. The van der Waals surface area contributed by atoms with Crippen molar-refractivity contribution in [2.24, 2.45) is 11.8 Å². The van der Waals surface area contributed by atoms with Gasteiger partial charge in [-0.25, -0.2) is 0 Å². The van der Waals surface area contributed by atoms with Gasteiger partial charge < -0.3 is 10.4 Å². The largest absolute Gasteiger partial charge is 0.481 e. The van der Waals surface area contributed by atoms with Gasteiger partial charge in [0.25, 0.3) is 0 Å². The summed E-state index contributed by atoms with van der Waals surface area (Å²) < 4.78 is 0. The molecule has 1 saturated carbocycles. The zero-order chi connectivity index (χ0) is 15.9. The summed E-state index contributed by atoms with van der Waals surface area (Å²) in [5.41, 5.74) is 1.21. The maximum atomic E-state index is 12.4. The van der Waals surface area contributed by atoms with E-state index in [2.05, 4.69) is 24.4 Å². The van der Waals surface area contributed by atoms with Crippen molar-refractivity contribution in [1.29, 1.82) is 0 Å². The lowest BCUT2D eigenvalue weighted by Gasteiger charge is -2.28. The second kappa shape index (κ2) is 7.97. The van der Waals surface area contributed by atoms with Gasteiger partial charge in [-0.05, 0) is 24.8 Å². The fraction of sp³-hybridized carbons (Fsp3) is 0.556. The van der Waals surface area contributed by atoms with Gasteiger partial charge in [0, 0.05) is 12.5 Å². The number of carbonyl (C=O) groups excluding carboxylic acids is 1. The van der Waals surface area contributed by atoms with Crippen LogP contribution in [-0.2, 0) is 9.59 Å². The van der Waals surface area contributed by atoms with Crippen LogP contribution < -0.4 is 5.32 Å². The van der Waals surface area contributed by atoms with Gasteiger partial charge in [0.05, 0.1) is 11.8 Å². The molecule has 0 saturated heterocycles. The molecule has 0 heterocycles. The molecule has 3 atom stereocenters. The Bertz CT molecular complexity index is 500. The summed E-state index contributed by atoms with van der Waals surface area (Å²) in [4.78, 5) is 23.7. The number of nitrogens with one attached hydrogen (secondary N) is 1. The second-order valence-corrected chi connectivity index (χ2v) is 6.10. The lowest BCUT2D eigenvalue weighted by Crippen LogP contribution is -2.41. The number of carboxylic acids is 1. The average Bonchev–Trinajstić information content (AvgIpc) is 2.56.